The van der Waals surface area contributed by atoms with Gasteiger partial charge in [-0.25, -0.2) is 0 Å². The average molecular weight is 473 g/mol. The lowest BCUT2D eigenvalue weighted by atomic mass is 9.44. The van der Waals surface area contributed by atoms with E-state index in [1.54, 1.807) is 0 Å². The molecule has 5 rings (SSSR count). The van der Waals surface area contributed by atoms with Crippen molar-refractivity contribution in [3.8, 4) is 0 Å². The zero-order valence-corrected chi connectivity index (χ0v) is 22.3. The van der Waals surface area contributed by atoms with E-state index >= 15 is 0 Å². The van der Waals surface area contributed by atoms with E-state index in [2.05, 4.69) is 34.3 Å². The first-order valence-electron chi connectivity index (χ1n) is 14.2. The molecular formula is C30H48O4. The molecule has 1 heterocycles. The molecule has 0 aromatic heterocycles. The van der Waals surface area contributed by atoms with Crippen LogP contribution in [0, 0.1) is 46.3 Å². The van der Waals surface area contributed by atoms with Crippen molar-refractivity contribution in [1.29, 1.82) is 0 Å². The van der Waals surface area contributed by atoms with Crippen LogP contribution in [0.15, 0.2) is 12.2 Å². The van der Waals surface area contributed by atoms with Crippen LogP contribution in [0.25, 0.3) is 0 Å². The van der Waals surface area contributed by atoms with Crippen molar-refractivity contribution in [2.75, 3.05) is 6.61 Å². The zero-order chi connectivity index (χ0) is 24.5. The van der Waals surface area contributed by atoms with E-state index in [0.29, 0.717) is 29.8 Å². The Morgan fingerprint density at radius 3 is 2.62 bits per heavy atom. The number of hydrogen-bond acceptors (Lipinski definition) is 4. The van der Waals surface area contributed by atoms with E-state index in [0.717, 1.165) is 49.9 Å². The summed E-state index contributed by atoms with van der Waals surface area (Å²) in [6.07, 6.45) is 11.2. The lowest BCUT2D eigenvalue weighted by molar-refractivity contribution is -0.169. The van der Waals surface area contributed by atoms with Crippen LogP contribution in [0.2, 0.25) is 0 Å². The SMILES string of the molecule is C=C(CC[C@@H](C)[C@H]1CCC2C3C[C@H]4O[C@]45C[C@@H](O)CC[C@]5(COC(C)=O)C3CC[C@@]21C)C(C)C. The average Bonchev–Trinajstić information content (AvgIpc) is 3.35. The standard InChI is InChI=1S/C30H48O4/c1-18(2)19(3)7-8-20(4)24-9-10-25-23-15-27-30(34-27)16-22(32)11-14-29(30,17-33-21(5)31)26(23)12-13-28(24,25)6/h18,20,22-27,32H,3,7-17H2,1-2,4-6H3/t20-,22+,23?,24-,25?,26?,27-,28-,29+,30-/m1/s1. The second-order valence-electron chi connectivity index (χ2n) is 13.5. The quantitative estimate of drug-likeness (QED) is 0.268. The molecule has 34 heavy (non-hydrogen) atoms. The highest BCUT2D eigenvalue weighted by Crippen LogP contribution is 2.74. The molecule has 0 aromatic rings. The van der Waals surface area contributed by atoms with Crippen molar-refractivity contribution in [2.24, 2.45) is 46.3 Å². The van der Waals surface area contributed by atoms with Crippen LogP contribution in [0.4, 0.5) is 0 Å². The van der Waals surface area contributed by atoms with Crippen molar-refractivity contribution in [3.05, 3.63) is 12.2 Å². The molecule has 1 N–H and O–H groups in total. The van der Waals surface area contributed by atoms with Gasteiger partial charge in [0.05, 0.1) is 12.2 Å². The first-order valence-corrected chi connectivity index (χ1v) is 14.2. The number of rotatable bonds is 7. The van der Waals surface area contributed by atoms with Crippen LogP contribution in [0.5, 0.6) is 0 Å². The zero-order valence-electron chi connectivity index (χ0n) is 22.3. The third-order valence-electron chi connectivity index (χ3n) is 11.8. The fourth-order valence-corrected chi connectivity index (χ4v) is 9.83. The number of carbonyl (C=O) groups is 1. The van der Waals surface area contributed by atoms with E-state index in [1.807, 2.05) is 0 Å². The normalized spacial score (nSPS) is 47.7. The molecule has 1 saturated heterocycles. The number of ether oxygens (including phenoxy) is 2. The number of fused-ring (bicyclic) bond motifs is 4. The summed E-state index contributed by atoms with van der Waals surface area (Å²) in [7, 11) is 0. The first-order chi connectivity index (χ1) is 16.0. The van der Waals surface area contributed by atoms with E-state index in [4.69, 9.17) is 9.47 Å². The first kappa shape index (κ1) is 24.8. The van der Waals surface area contributed by atoms with E-state index in [-0.39, 0.29) is 29.2 Å². The van der Waals surface area contributed by atoms with Crippen molar-refractivity contribution >= 4 is 5.97 Å². The summed E-state index contributed by atoms with van der Waals surface area (Å²) in [6, 6.07) is 0. The van der Waals surface area contributed by atoms with E-state index in [9.17, 15) is 9.90 Å². The highest BCUT2D eigenvalue weighted by molar-refractivity contribution is 5.66. The van der Waals surface area contributed by atoms with Crippen LogP contribution in [-0.2, 0) is 14.3 Å². The van der Waals surface area contributed by atoms with Gasteiger partial charge in [0.25, 0.3) is 0 Å². The number of carbonyl (C=O) groups excluding carboxylic acids is 1. The summed E-state index contributed by atoms with van der Waals surface area (Å²) in [5, 5.41) is 10.5. The largest absolute Gasteiger partial charge is 0.465 e. The molecule has 0 amide bonds. The minimum Gasteiger partial charge on any atom is -0.465 e. The second-order valence-corrected chi connectivity index (χ2v) is 13.5. The Morgan fingerprint density at radius 1 is 1.15 bits per heavy atom. The van der Waals surface area contributed by atoms with E-state index in [1.165, 1.54) is 44.6 Å². The summed E-state index contributed by atoms with van der Waals surface area (Å²) < 4.78 is 12.3. The van der Waals surface area contributed by atoms with Crippen LogP contribution in [0.3, 0.4) is 0 Å². The number of hydrogen-bond donors (Lipinski definition) is 1. The third kappa shape index (κ3) is 3.64. The summed E-state index contributed by atoms with van der Waals surface area (Å²) in [6.45, 7) is 16.0. The fraction of sp³-hybridized carbons (Fsp3) is 0.900. The van der Waals surface area contributed by atoms with Crippen LogP contribution < -0.4 is 0 Å². The molecule has 5 aliphatic rings. The summed E-state index contributed by atoms with van der Waals surface area (Å²) >= 11 is 0. The van der Waals surface area contributed by atoms with Gasteiger partial charge in [-0.3, -0.25) is 4.79 Å². The van der Waals surface area contributed by atoms with Gasteiger partial charge in [0, 0.05) is 18.8 Å². The minimum atomic E-state index is -0.279. The summed E-state index contributed by atoms with van der Waals surface area (Å²) in [5.41, 5.74) is 1.45. The predicted molar refractivity (Wildman–Crippen MR) is 134 cm³/mol. The molecule has 1 spiro atoms. The molecule has 10 atom stereocenters. The lowest BCUT2D eigenvalue weighted by Gasteiger charge is -2.60. The maximum atomic E-state index is 11.9. The number of esters is 1. The molecule has 4 saturated carbocycles. The Labute approximate surface area is 207 Å². The van der Waals surface area contributed by atoms with Gasteiger partial charge in [0.2, 0.25) is 0 Å². The molecule has 4 nitrogen and oxygen atoms in total. The van der Waals surface area contributed by atoms with Crippen LogP contribution in [0.1, 0.15) is 98.8 Å². The molecule has 0 aromatic carbocycles. The fourth-order valence-electron chi connectivity index (χ4n) is 9.83. The number of aliphatic hydroxyl groups excluding tert-OH is 1. The molecule has 1 aliphatic heterocycles. The number of epoxide rings is 1. The smallest absolute Gasteiger partial charge is 0.302 e. The van der Waals surface area contributed by atoms with Gasteiger partial charge >= 0.3 is 5.97 Å². The Kier molecular flexibility index (Phi) is 6.28. The van der Waals surface area contributed by atoms with Gasteiger partial charge in [-0.15, -0.1) is 0 Å². The highest BCUT2D eigenvalue weighted by Gasteiger charge is 2.78. The van der Waals surface area contributed by atoms with Crippen molar-refractivity contribution in [1.82, 2.24) is 0 Å². The second kappa shape index (κ2) is 8.61. The third-order valence-corrected chi connectivity index (χ3v) is 11.8. The van der Waals surface area contributed by atoms with E-state index < -0.39 is 0 Å². The molecule has 192 valence electrons. The Hall–Kier alpha value is -0.870. The Balaban J connectivity index is 1.37. The monoisotopic (exact) mass is 472 g/mol. The Morgan fingerprint density at radius 2 is 1.91 bits per heavy atom. The number of aliphatic hydroxyl groups is 1. The molecule has 4 heteroatoms. The summed E-state index contributed by atoms with van der Waals surface area (Å²) in [5.74, 6) is 3.88. The number of allylic oxidation sites excluding steroid dienone is 1. The topological polar surface area (TPSA) is 59.1 Å². The molecule has 5 fully saturated rings. The molecule has 3 unspecified atom stereocenters. The van der Waals surface area contributed by atoms with Crippen molar-refractivity contribution in [3.63, 3.8) is 0 Å². The molecule has 0 radical (unpaired) electrons. The lowest BCUT2D eigenvalue weighted by Crippen LogP contribution is -2.61. The van der Waals surface area contributed by atoms with Gasteiger partial charge in [0.1, 0.15) is 12.2 Å². The van der Waals surface area contributed by atoms with Gasteiger partial charge in [-0.2, -0.15) is 0 Å². The highest BCUT2D eigenvalue weighted by atomic mass is 16.6. The summed E-state index contributed by atoms with van der Waals surface area (Å²) in [4.78, 5) is 11.9. The Bertz CT molecular complexity index is 821. The predicted octanol–water partition coefficient (Wildman–Crippen LogP) is 6.31. The van der Waals surface area contributed by atoms with Gasteiger partial charge < -0.3 is 14.6 Å². The minimum absolute atomic E-state index is 0.106. The van der Waals surface area contributed by atoms with Crippen molar-refractivity contribution in [2.45, 2.75) is 117 Å². The van der Waals surface area contributed by atoms with Gasteiger partial charge in [-0.05, 0) is 98.7 Å². The molecule has 0 bridgehead atoms. The van der Waals surface area contributed by atoms with Crippen molar-refractivity contribution < 1.29 is 19.4 Å². The maximum Gasteiger partial charge on any atom is 0.302 e. The molecule has 4 aliphatic carbocycles. The van der Waals surface area contributed by atoms with Crippen LogP contribution in [-0.4, -0.2) is 35.5 Å². The van der Waals surface area contributed by atoms with Gasteiger partial charge in [0.15, 0.2) is 0 Å². The van der Waals surface area contributed by atoms with Crippen LogP contribution >= 0.6 is 0 Å². The van der Waals surface area contributed by atoms with Gasteiger partial charge in [-0.1, -0.05) is 39.8 Å². The molecular weight excluding hydrogens is 424 g/mol. The maximum absolute atomic E-state index is 11.9.